The predicted octanol–water partition coefficient (Wildman–Crippen LogP) is 4.07. The lowest BCUT2D eigenvalue weighted by Gasteiger charge is -2.12. The van der Waals surface area contributed by atoms with Crippen molar-refractivity contribution in [2.45, 2.75) is 52.5 Å². The largest absolute Gasteiger partial charge is 0.493 e. The molecule has 10 heteroatoms. The Morgan fingerprint density at radius 1 is 1.30 bits per heavy atom. The Kier molecular flexibility index (Phi) is 9.59. The number of unbranched alkanes of at least 4 members (excludes halogenated alkanes) is 3. The molecule has 0 aliphatic heterocycles. The van der Waals surface area contributed by atoms with E-state index in [1.165, 1.54) is 36.1 Å². The van der Waals surface area contributed by atoms with Crippen molar-refractivity contribution in [3.05, 3.63) is 62.1 Å². The number of nitro benzene ring substituents is 1. The van der Waals surface area contributed by atoms with Crippen LogP contribution in [0, 0.1) is 10.1 Å². The number of ether oxygens (including phenoxy) is 2. The minimum absolute atomic E-state index is 0.0544. The van der Waals surface area contributed by atoms with E-state index in [4.69, 9.17) is 9.47 Å². The highest BCUT2D eigenvalue weighted by Crippen LogP contribution is 2.38. The van der Waals surface area contributed by atoms with E-state index in [0.717, 1.165) is 25.7 Å². The average Bonchev–Trinajstić information content (AvgIpc) is 2.78. The third-order valence-electron chi connectivity index (χ3n) is 4.87. The summed E-state index contributed by atoms with van der Waals surface area (Å²) in [6, 6.07) is 5.72. The Labute approximate surface area is 192 Å². The molecule has 1 amide bonds. The molecule has 0 radical (unpaired) electrons. The highest BCUT2D eigenvalue weighted by molar-refractivity contribution is 5.94. The Morgan fingerprint density at radius 2 is 2.06 bits per heavy atom. The van der Waals surface area contributed by atoms with Crippen molar-refractivity contribution in [3.8, 4) is 11.5 Å². The van der Waals surface area contributed by atoms with E-state index < -0.39 is 16.4 Å². The van der Waals surface area contributed by atoms with Gasteiger partial charge in [0.1, 0.15) is 5.56 Å². The first kappa shape index (κ1) is 25.6. The summed E-state index contributed by atoms with van der Waals surface area (Å²) >= 11 is 0. The van der Waals surface area contributed by atoms with E-state index in [1.54, 1.807) is 12.3 Å². The quantitative estimate of drug-likeness (QED) is 0.221. The Hall–Kier alpha value is -3.69. The number of carbonyl (C=O) groups excluding carboxylic acids is 1. The smallest absolute Gasteiger partial charge is 0.315 e. The minimum atomic E-state index is -0.681. The SMILES string of the molecule is CCCCCCOc1c(OC)cc(/C=N\NC(=O)c2cccn(C(C)C)c2=O)cc1[N+](=O)[O-]. The van der Waals surface area contributed by atoms with Gasteiger partial charge in [-0.05, 0) is 38.5 Å². The average molecular weight is 459 g/mol. The van der Waals surface area contributed by atoms with Crippen molar-refractivity contribution in [2.75, 3.05) is 13.7 Å². The summed E-state index contributed by atoms with van der Waals surface area (Å²) in [5, 5.41) is 15.4. The summed E-state index contributed by atoms with van der Waals surface area (Å²) in [6.07, 6.45) is 6.74. The van der Waals surface area contributed by atoms with Crippen molar-refractivity contribution in [2.24, 2.45) is 5.10 Å². The van der Waals surface area contributed by atoms with Crippen molar-refractivity contribution < 1.29 is 19.2 Å². The Balaban J connectivity index is 2.19. The van der Waals surface area contributed by atoms with Gasteiger partial charge in [-0.3, -0.25) is 19.7 Å². The van der Waals surface area contributed by atoms with Crippen LogP contribution in [0.25, 0.3) is 0 Å². The topological polar surface area (TPSA) is 125 Å². The second-order valence-electron chi connectivity index (χ2n) is 7.66. The van der Waals surface area contributed by atoms with Gasteiger partial charge >= 0.3 is 5.69 Å². The number of rotatable bonds is 12. The summed E-state index contributed by atoms with van der Waals surface area (Å²) in [5.41, 5.74) is 1.86. The number of hydrazone groups is 1. The van der Waals surface area contributed by atoms with E-state index >= 15 is 0 Å². The molecule has 0 saturated carbocycles. The molecule has 0 unspecified atom stereocenters. The maximum absolute atomic E-state index is 12.4. The van der Waals surface area contributed by atoms with E-state index in [-0.39, 0.29) is 28.8 Å². The molecule has 33 heavy (non-hydrogen) atoms. The lowest BCUT2D eigenvalue weighted by Crippen LogP contribution is -2.31. The van der Waals surface area contributed by atoms with Crippen molar-refractivity contribution in [3.63, 3.8) is 0 Å². The lowest BCUT2D eigenvalue weighted by atomic mass is 10.1. The van der Waals surface area contributed by atoms with Gasteiger partial charge in [0.05, 0.1) is 24.9 Å². The van der Waals surface area contributed by atoms with Crippen molar-refractivity contribution in [1.82, 2.24) is 9.99 Å². The molecule has 0 saturated heterocycles. The summed E-state index contributed by atoms with van der Waals surface area (Å²) in [7, 11) is 1.39. The standard InChI is InChI=1S/C23H30N4O6/c1-5-6-7-8-12-33-21-19(27(30)31)13-17(14-20(21)32-4)15-24-25-22(28)18-10-9-11-26(16(2)3)23(18)29/h9-11,13-16H,5-8,12H2,1-4H3,(H,25,28)/b24-15-. The molecule has 1 aromatic carbocycles. The van der Waals surface area contributed by atoms with Gasteiger partial charge in [0, 0.05) is 23.9 Å². The number of nitro groups is 1. The van der Waals surface area contributed by atoms with Crippen molar-refractivity contribution >= 4 is 17.8 Å². The Morgan fingerprint density at radius 3 is 2.70 bits per heavy atom. The van der Waals surface area contributed by atoms with Crippen LogP contribution >= 0.6 is 0 Å². The molecular formula is C23H30N4O6. The summed E-state index contributed by atoms with van der Waals surface area (Å²) in [5.74, 6) is -0.436. The molecule has 1 heterocycles. The van der Waals surface area contributed by atoms with Crippen LogP contribution < -0.4 is 20.5 Å². The first-order valence-electron chi connectivity index (χ1n) is 10.8. The molecular weight excluding hydrogens is 428 g/mol. The first-order chi connectivity index (χ1) is 15.8. The fraction of sp³-hybridized carbons (Fsp3) is 0.435. The van der Waals surface area contributed by atoms with Gasteiger partial charge in [-0.25, -0.2) is 5.43 Å². The number of nitrogens with zero attached hydrogens (tertiary/aromatic N) is 3. The third-order valence-corrected chi connectivity index (χ3v) is 4.87. The monoisotopic (exact) mass is 458 g/mol. The van der Waals surface area contributed by atoms with Crippen LogP contribution in [0.15, 0.2) is 40.4 Å². The number of carbonyl (C=O) groups is 1. The first-order valence-corrected chi connectivity index (χ1v) is 10.8. The molecule has 0 aliphatic carbocycles. The van der Waals surface area contributed by atoms with Gasteiger partial charge in [-0.15, -0.1) is 0 Å². The van der Waals surface area contributed by atoms with Gasteiger partial charge in [-0.2, -0.15) is 5.10 Å². The van der Waals surface area contributed by atoms with E-state index in [9.17, 15) is 19.7 Å². The van der Waals surface area contributed by atoms with Gasteiger partial charge < -0.3 is 14.0 Å². The van der Waals surface area contributed by atoms with Crippen LogP contribution in [0.3, 0.4) is 0 Å². The van der Waals surface area contributed by atoms with Crippen molar-refractivity contribution in [1.29, 1.82) is 0 Å². The normalized spacial score (nSPS) is 11.1. The van der Waals surface area contributed by atoms with Crippen LogP contribution in [0.4, 0.5) is 5.69 Å². The van der Waals surface area contributed by atoms with Crippen LogP contribution in [0.2, 0.25) is 0 Å². The molecule has 0 fully saturated rings. The highest BCUT2D eigenvalue weighted by Gasteiger charge is 2.22. The van der Waals surface area contributed by atoms with E-state index in [1.807, 2.05) is 13.8 Å². The van der Waals surface area contributed by atoms with Crippen LogP contribution in [-0.4, -0.2) is 35.3 Å². The number of methoxy groups -OCH3 is 1. The van der Waals surface area contributed by atoms with Gasteiger partial charge in [-0.1, -0.05) is 26.2 Å². The predicted molar refractivity (Wildman–Crippen MR) is 125 cm³/mol. The number of hydrogen-bond acceptors (Lipinski definition) is 7. The maximum atomic E-state index is 12.4. The molecule has 0 bridgehead atoms. The van der Waals surface area contributed by atoms with E-state index in [0.29, 0.717) is 12.2 Å². The summed E-state index contributed by atoms with van der Waals surface area (Å²) in [4.78, 5) is 35.8. The number of pyridine rings is 1. The molecule has 178 valence electrons. The molecule has 10 nitrogen and oxygen atoms in total. The highest BCUT2D eigenvalue weighted by atomic mass is 16.6. The fourth-order valence-corrected chi connectivity index (χ4v) is 3.13. The van der Waals surface area contributed by atoms with E-state index in [2.05, 4.69) is 17.5 Å². The minimum Gasteiger partial charge on any atom is -0.493 e. The fourth-order valence-electron chi connectivity index (χ4n) is 3.13. The zero-order chi connectivity index (χ0) is 24.4. The lowest BCUT2D eigenvalue weighted by molar-refractivity contribution is -0.386. The van der Waals surface area contributed by atoms with Crippen LogP contribution in [0.1, 0.15) is 68.4 Å². The van der Waals surface area contributed by atoms with Gasteiger partial charge in [0.2, 0.25) is 5.75 Å². The molecule has 1 N–H and O–H groups in total. The molecule has 2 aromatic rings. The molecule has 0 spiro atoms. The number of nitrogens with one attached hydrogen (secondary N) is 1. The number of hydrogen-bond donors (Lipinski definition) is 1. The zero-order valence-electron chi connectivity index (χ0n) is 19.4. The Bertz CT molecular complexity index is 1060. The second kappa shape index (κ2) is 12.4. The summed E-state index contributed by atoms with van der Waals surface area (Å²) < 4.78 is 12.4. The van der Waals surface area contributed by atoms with Crippen LogP contribution in [-0.2, 0) is 0 Å². The van der Waals surface area contributed by atoms with Crippen LogP contribution in [0.5, 0.6) is 11.5 Å². The molecule has 2 rings (SSSR count). The second-order valence-corrected chi connectivity index (χ2v) is 7.66. The number of benzene rings is 1. The maximum Gasteiger partial charge on any atom is 0.315 e. The molecule has 0 aliphatic rings. The third kappa shape index (κ3) is 6.90. The van der Waals surface area contributed by atoms with Gasteiger partial charge in [0.15, 0.2) is 5.75 Å². The zero-order valence-corrected chi connectivity index (χ0v) is 19.4. The van der Waals surface area contributed by atoms with Gasteiger partial charge in [0.25, 0.3) is 11.5 Å². The molecule has 1 aromatic heterocycles. The summed E-state index contributed by atoms with van der Waals surface area (Å²) in [6.45, 7) is 6.10. The number of aromatic nitrogens is 1. The molecule has 0 atom stereocenters. The number of amides is 1.